The van der Waals surface area contributed by atoms with E-state index in [0.717, 1.165) is 12.8 Å². The van der Waals surface area contributed by atoms with Gasteiger partial charge in [-0.25, -0.2) is 0 Å². The Morgan fingerprint density at radius 1 is 1.83 bits per heavy atom. The van der Waals surface area contributed by atoms with Crippen molar-refractivity contribution in [2.45, 2.75) is 25.1 Å². The fourth-order valence-corrected chi connectivity index (χ4v) is 1.52. The molecule has 2 unspecified atom stereocenters. The average Bonchev–Trinajstić information content (AvgIpc) is 2.06. The third-order valence-corrected chi connectivity index (χ3v) is 2.49. The quantitative estimate of drug-likeness (QED) is 0.461. The smallest absolute Gasteiger partial charge is 0.0553 e. The molecule has 1 aliphatic carbocycles. The van der Waals surface area contributed by atoms with Crippen LogP contribution in [0.5, 0.6) is 0 Å². The van der Waals surface area contributed by atoms with Gasteiger partial charge < -0.3 is 0 Å². The first-order valence-corrected chi connectivity index (χ1v) is 4.81. The van der Waals surface area contributed by atoms with E-state index in [9.17, 15) is 0 Å². The molecule has 0 heterocycles. The van der Waals surface area contributed by atoms with Crippen molar-refractivity contribution in [3.8, 4) is 0 Å². The standard InChI is InChI=1S/C11H15Cl/c1-3-4-9(2)10-5-7-11(12)8-6-10/h3,5-7,9,11H,1,4,8H2,2H3. The van der Waals surface area contributed by atoms with Gasteiger partial charge in [-0.3, -0.25) is 0 Å². The van der Waals surface area contributed by atoms with E-state index in [0.29, 0.717) is 5.92 Å². The van der Waals surface area contributed by atoms with Gasteiger partial charge in [0.15, 0.2) is 0 Å². The van der Waals surface area contributed by atoms with Crippen molar-refractivity contribution < 1.29 is 0 Å². The van der Waals surface area contributed by atoms with Gasteiger partial charge in [-0.2, -0.15) is 0 Å². The van der Waals surface area contributed by atoms with Gasteiger partial charge in [0, 0.05) is 0 Å². The molecule has 1 aliphatic rings. The molecule has 0 radical (unpaired) electrons. The molecule has 0 aromatic carbocycles. The SMILES string of the molecule is C=CCC(C)C1=CCC(Cl)C=C1. The van der Waals surface area contributed by atoms with Crippen LogP contribution in [-0.2, 0) is 0 Å². The van der Waals surface area contributed by atoms with Gasteiger partial charge in [0.25, 0.3) is 0 Å². The molecule has 0 nitrogen and oxygen atoms in total. The van der Waals surface area contributed by atoms with Crippen molar-refractivity contribution in [2.24, 2.45) is 5.92 Å². The van der Waals surface area contributed by atoms with Gasteiger partial charge in [0.2, 0.25) is 0 Å². The van der Waals surface area contributed by atoms with Crippen molar-refractivity contribution >= 4 is 11.6 Å². The van der Waals surface area contributed by atoms with E-state index in [2.05, 4.69) is 31.7 Å². The lowest BCUT2D eigenvalue weighted by atomic mass is 9.93. The van der Waals surface area contributed by atoms with Crippen molar-refractivity contribution in [3.05, 3.63) is 36.5 Å². The highest BCUT2D eigenvalue weighted by molar-refractivity contribution is 6.22. The van der Waals surface area contributed by atoms with Crippen molar-refractivity contribution in [1.29, 1.82) is 0 Å². The van der Waals surface area contributed by atoms with E-state index in [1.54, 1.807) is 0 Å². The molecule has 0 aliphatic heterocycles. The maximum Gasteiger partial charge on any atom is 0.0553 e. The Morgan fingerprint density at radius 2 is 2.58 bits per heavy atom. The highest BCUT2D eigenvalue weighted by Crippen LogP contribution is 2.23. The number of rotatable bonds is 3. The second-order valence-corrected chi connectivity index (χ2v) is 3.80. The Hall–Kier alpha value is -0.490. The maximum atomic E-state index is 5.91. The number of allylic oxidation sites excluding steroid dienone is 5. The van der Waals surface area contributed by atoms with Crippen LogP contribution >= 0.6 is 11.6 Å². The highest BCUT2D eigenvalue weighted by atomic mass is 35.5. The van der Waals surface area contributed by atoms with Crippen LogP contribution in [-0.4, -0.2) is 5.38 Å². The molecule has 0 aromatic rings. The zero-order chi connectivity index (χ0) is 8.97. The summed E-state index contributed by atoms with van der Waals surface area (Å²) < 4.78 is 0. The number of halogens is 1. The van der Waals surface area contributed by atoms with Crippen LogP contribution in [0.4, 0.5) is 0 Å². The van der Waals surface area contributed by atoms with Crippen LogP contribution in [0.15, 0.2) is 36.5 Å². The molecule has 1 rings (SSSR count). The van der Waals surface area contributed by atoms with Gasteiger partial charge in [0.05, 0.1) is 5.38 Å². The van der Waals surface area contributed by atoms with E-state index >= 15 is 0 Å². The molecule has 0 N–H and O–H groups in total. The van der Waals surface area contributed by atoms with Gasteiger partial charge in [-0.15, -0.1) is 18.2 Å². The van der Waals surface area contributed by atoms with Gasteiger partial charge in [-0.05, 0) is 24.3 Å². The summed E-state index contributed by atoms with van der Waals surface area (Å²) in [7, 11) is 0. The van der Waals surface area contributed by atoms with Gasteiger partial charge in [-0.1, -0.05) is 31.2 Å². The largest absolute Gasteiger partial charge is 0.118 e. The summed E-state index contributed by atoms with van der Waals surface area (Å²) in [5, 5.41) is 0.199. The van der Waals surface area contributed by atoms with Crippen molar-refractivity contribution in [2.75, 3.05) is 0 Å². The third-order valence-electron chi connectivity index (χ3n) is 2.17. The Balaban J connectivity index is 2.53. The van der Waals surface area contributed by atoms with Gasteiger partial charge >= 0.3 is 0 Å². The van der Waals surface area contributed by atoms with Crippen LogP contribution in [0.1, 0.15) is 19.8 Å². The number of hydrogen-bond acceptors (Lipinski definition) is 0. The van der Waals surface area contributed by atoms with E-state index in [1.165, 1.54) is 5.57 Å². The topological polar surface area (TPSA) is 0 Å². The molecule has 12 heavy (non-hydrogen) atoms. The van der Waals surface area contributed by atoms with Crippen LogP contribution in [0.2, 0.25) is 0 Å². The summed E-state index contributed by atoms with van der Waals surface area (Å²) in [6.07, 6.45) is 10.4. The van der Waals surface area contributed by atoms with E-state index in [-0.39, 0.29) is 5.38 Å². The molecule has 0 aromatic heterocycles. The van der Waals surface area contributed by atoms with E-state index in [1.807, 2.05) is 6.08 Å². The van der Waals surface area contributed by atoms with Crippen LogP contribution in [0.25, 0.3) is 0 Å². The van der Waals surface area contributed by atoms with E-state index < -0.39 is 0 Å². The number of alkyl halides is 1. The molecule has 0 saturated heterocycles. The second kappa shape index (κ2) is 4.51. The summed E-state index contributed by atoms with van der Waals surface area (Å²) in [6, 6.07) is 0. The lowest BCUT2D eigenvalue weighted by Crippen LogP contribution is -2.03. The summed E-state index contributed by atoms with van der Waals surface area (Å²) in [5.74, 6) is 0.586. The Morgan fingerprint density at radius 3 is 3.08 bits per heavy atom. The van der Waals surface area contributed by atoms with Crippen LogP contribution in [0.3, 0.4) is 0 Å². The number of hydrogen-bond donors (Lipinski definition) is 0. The molecular weight excluding hydrogens is 168 g/mol. The predicted molar refractivity (Wildman–Crippen MR) is 55.5 cm³/mol. The molecule has 2 atom stereocenters. The molecule has 0 saturated carbocycles. The molecule has 0 bridgehead atoms. The monoisotopic (exact) mass is 182 g/mol. The first-order chi connectivity index (χ1) is 5.74. The van der Waals surface area contributed by atoms with Crippen LogP contribution in [0, 0.1) is 5.92 Å². The van der Waals surface area contributed by atoms with E-state index in [4.69, 9.17) is 11.6 Å². The third kappa shape index (κ3) is 2.53. The summed E-state index contributed by atoms with van der Waals surface area (Å²) in [4.78, 5) is 0. The lowest BCUT2D eigenvalue weighted by molar-refractivity contribution is 0.703. The summed E-state index contributed by atoms with van der Waals surface area (Å²) in [5.41, 5.74) is 1.40. The first-order valence-electron chi connectivity index (χ1n) is 4.37. The minimum Gasteiger partial charge on any atom is -0.118 e. The zero-order valence-corrected chi connectivity index (χ0v) is 8.22. The minimum atomic E-state index is 0.199. The normalized spacial score (nSPS) is 24.8. The summed E-state index contributed by atoms with van der Waals surface area (Å²) >= 11 is 5.91. The fraction of sp³-hybridized carbons (Fsp3) is 0.455. The maximum absolute atomic E-state index is 5.91. The Bertz CT molecular complexity index is 213. The van der Waals surface area contributed by atoms with Crippen molar-refractivity contribution in [1.82, 2.24) is 0 Å². The predicted octanol–water partition coefficient (Wildman–Crippen LogP) is 3.69. The zero-order valence-electron chi connectivity index (χ0n) is 7.46. The van der Waals surface area contributed by atoms with Crippen molar-refractivity contribution in [3.63, 3.8) is 0 Å². The second-order valence-electron chi connectivity index (χ2n) is 3.24. The molecule has 66 valence electrons. The Labute approximate surface area is 79.6 Å². The fourth-order valence-electron chi connectivity index (χ4n) is 1.36. The van der Waals surface area contributed by atoms with Crippen LogP contribution < -0.4 is 0 Å². The lowest BCUT2D eigenvalue weighted by Gasteiger charge is -2.15. The molecule has 0 amide bonds. The Kier molecular flexibility index (Phi) is 3.61. The summed E-state index contributed by atoms with van der Waals surface area (Å²) in [6.45, 7) is 5.95. The average molecular weight is 183 g/mol. The first kappa shape index (κ1) is 9.60. The van der Waals surface area contributed by atoms with Gasteiger partial charge in [0.1, 0.15) is 0 Å². The molecular formula is C11H15Cl. The molecule has 1 heteroatoms. The highest BCUT2D eigenvalue weighted by Gasteiger charge is 2.09. The minimum absolute atomic E-state index is 0.199. The molecule has 0 fully saturated rings. The molecule has 0 spiro atoms.